The average molecular weight is 379 g/mol. The van der Waals surface area contributed by atoms with Gasteiger partial charge in [0.05, 0.1) is 22.9 Å². The molecule has 1 aromatic heterocycles. The number of benzene rings is 1. The molecule has 2 amide bonds. The van der Waals surface area contributed by atoms with Gasteiger partial charge in [-0.1, -0.05) is 11.6 Å². The monoisotopic (exact) mass is 378 g/mol. The van der Waals surface area contributed by atoms with Gasteiger partial charge in [0, 0.05) is 31.9 Å². The van der Waals surface area contributed by atoms with Crippen molar-refractivity contribution < 1.29 is 9.53 Å². The van der Waals surface area contributed by atoms with Crippen molar-refractivity contribution in [1.82, 2.24) is 25.0 Å². The fourth-order valence-corrected chi connectivity index (χ4v) is 3.31. The van der Waals surface area contributed by atoms with Gasteiger partial charge in [-0.2, -0.15) is 5.10 Å². The van der Waals surface area contributed by atoms with Gasteiger partial charge in [-0.3, -0.25) is 4.90 Å². The van der Waals surface area contributed by atoms with E-state index in [2.05, 4.69) is 39.5 Å². The van der Waals surface area contributed by atoms with Gasteiger partial charge in [-0.05, 0) is 32.0 Å². The maximum absolute atomic E-state index is 12.4. The molecule has 0 aliphatic carbocycles. The van der Waals surface area contributed by atoms with Crippen molar-refractivity contribution in [2.45, 2.75) is 32.0 Å². The standard InChI is InChI=1S/C17H23ClN6O2/c1-11(2)23-7-14(16(8-23)26-3)22-17(25)21-12-4-5-15(13(18)6-12)24-10-19-9-20-24/h4-6,9-11,14,16H,7-8H2,1-3H3,(H2,21,22,25)/t14-,16-/m0/s1. The van der Waals surface area contributed by atoms with Crippen molar-refractivity contribution >= 4 is 23.3 Å². The molecule has 0 bridgehead atoms. The van der Waals surface area contributed by atoms with Crippen molar-refractivity contribution in [3.8, 4) is 5.69 Å². The number of carbonyl (C=O) groups is 1. The molecule has 2 heterocycles. The van der Waals surface area contributed by atoms with Crippen LogP contribution in [-0.2, 0) is 4.74 Å². The Kier molecular flexibility index (Phi) is 5.75. The number of likely N-dealkylation sites (tertiary alicyclic amines) is 1. The maximum Gasteiger partial charge on any atom is 0.319 e. The largest absolute Gasteiger partial charge is 0.378 e. The smallest absolute Gasteiger partial charge is 0.319 e. The second-order valence-electron chi connectivity index (χ2n) is 6.53. The first-order valence-corrected chi connectivity index (χ1v) is 8.84. The van der Waals surface area contributed by atoms with Gasteiger partial charge in [0.1, 0.15) is 12.7 Å². The highest BCUT2D eigenvalue weighted by atomic mass is 35.5. The van der Waals surface area contributed by atoms with E-state index in [1.54, 1.807) is 36.3 Å². The minimum Gasteiger partial charge on any atom is -0.378 e. The van der Waals surface area contributed by atoms with Crippen LogP contribution in [0.5, 0.6) is 0 Å². The van der Waals surface area contributed by atoms with Crippen molar-refractivity contribution in [3.63, 3.8) is 0 Å². The summed E-state index contributed by atoms with van der Waals surface area (Å²) in [6, 6.07) is 5.29. The van der Waals surface area contributed by atoms with Crippen LogP contribution in [0.15, 0.2) is 30.9 Å². The average Bonchev–Trinajstić information content (AvgIpc) is 3.24. The summed E-state index contributed by atoms with van der Waals surface area (Å²) in [6.45, 7) is 5.83. The number of carbonyl (C=O) groups excluding carboxylic acids is 1. The Morgan fingerprint density at radius 3 is 2.81 bits per heavy atom. The van der Waals surface area contributed by atoms with Gasteiger partial charge < -0.3 is 15.4 Å². The highest BCUT2D eigenvalue weighted by Crippen LogP contribution is 2.23. The Morgan fingerprint density at radius 1 is 1.38 bits per heavy atom. The SMILES string of the molecule is CO[C@H]1CN(C(C)C)C[C@@H]1NC(=O)Nc1ccc(-n2cncn2)c(Cl)c1. The number of rotatable bonds is 5. The third kappa shape index (κ3) is 4.14. The quantitative estimate of drug-likeness (QED) is 0.832. The second kappa shape index (κ2) is 8.03. The van der Waals surface area contributed by atoms with Crippen LogP contribution < -0.4 is 10.6 Å². The van der Waals surface area contributed by atoms with E-state index in [-0.39, 0.29) is 18.2 Å². The molecule has 1 aliphatic heterocycles. The van der Waals surface area contributed by atoms with Crippen LogP contribution in [0.4, 0.5) is 10.5 Å². The summed E-state index contributed by atoms with van der Waals surface area (Å²) < 4.78 is 7.07. The fraction of sp³-hybridized carbons (Fsp3) is 0.471. The topological polar surface area (TPSA) is 84.3 Å². The molecule has 140 valence electrons. The van der Waals surface area contributed by atoms with Crippen molar-refractivity contribution in [3.05, 3.63) is 35.9 Å². The van der Waals surface area contributed by atoms with E-state index in [9.17, 15) is 4.79 Å². The molecular weight excluding hydrogens is 356 g/mol. The fourth-order valence-electron chi connectivity index (χ4n) is 3.04. The van der Waals surface area contributed by atoms with Crippen LogP contribution in [0.1, 0.15) is 13.8 Å². The highest BCUT2D eigenvalue weighted by molar-refractivity contribution is 6.32. The van der Waals surface area contributed by atoms with Crippen LogP contribution in [0, 0.1) is 0 Å². The molecule has 0 unspecified atom stereocenters. The molecule has 1 saturated heterocycles. The first-order chi connectivity index (χ1) is 12.5. The predicted octanol–water partition coefficient (Wildman–Crippen LogP) is 2.15. The molecule has 26 heavy (non-hydrogen) atoms. The Morgan fingerprint density at radius 2 is 2.19 bits per heavy atom. The summed E-state index contributed by atoms with van der Waals surface area (Å²) in [5.41, 5.74) is 1.29. The molecule has 0 radical (unpaired) electrons. The number of anilines is 1. The number of nitrogens with zero attached hydrogens (tertiary/aromatic N) is 4. The lowest BCUT2D eigenvalue weighted by Gasteiger charge is -2.20. The number of urea groups is 1. The number of ether oxygens (including phenoxy) is 1. The number of nitrogens with one attached hydrogen (secondary N) is 2. The summed E-state index contributed by atoms with van der Waals surface area (Å²) >= 11 is 6.29. The minimum absolute atomic E-state index is 0.0265. The predicted molar refractivity (Wildman–Crippen MR) is 99.8 cm³/mol. The van der Waals surface area contributed by atoms with Crippen LogP contribution in [0.3, 0.4) is 0 Å². The maximum atomic E-state index is 12.4. The zero-order valence-corrected chi connectivity index (χ0v) is 15.8. The normalized spacial score (nSPS) is 20.5. The van der Waals surface area contributed by atoms with Crippen molar-refractivity contribution in [1.29, 1.82) is 0 Å². The third-order valence-corrected chi connectivity index (χ3v) is 4.82. The van der Waals surface area contributed by atoms with Crippen LogP contribution in [-0.4, -0.2) is 64.1 Å². The third-order valence-electron chi connectivity index (χ3n) is 4.52. The van der Waals surface area contributed by atoms with E-state index < -0.39 is 0 Å². The molecule has 1 fully saturated rings. The van der Waals surface area contributed by atoms with Gasteiger partial charge in [0.15, 0.2) is 0 Å². The van der Waals surface area contributed by atoms with E-state index in [0.29, 0.717) is 22.4 Å². The molecule has 8 nitrogen and oxygen atoms in total. The Hall–Kier alpha value is -2.16. The van der Waals surface area contributed by atoms with Gasteiger partial charge in [-0.15, -0.1) is 0 Å². The number of hydrogen-bond acceptors (Lipinski definition) is 5. The first-order valence-electron chi connectivity index (χ1n) is 8.47. The van der Waals surface area contributed by atoms with E-state index in [0.717, 1.165) is 13.1 Å². The first kappa shape index (κ1) is 18.6. The second-order valence-corrected chi connectivity index (χ2v) is 6.94. The van der Waals surface area contributed by atoms with Crippen molar-refractivity contribution in [2.24, 2.45) is 0 Å². The number of hydrogen-bond donors (Lipinski definition) is 2. The van der Waals surface area contributed by atoms with Gasteiger partial charge >= 0.3 is 6.03 Å². The molecule has 3 rings (SSSR count). The number of amides is 2. The molecular formula is C17H23ClN6O2. The van der Waals surface area contributed by atoms with Crippen molar-refractivity contribution in [2.75, 3.05) is 25.5 Å². The summed E-state index contributed by atoms with van der Waals surface area (Å²) in [6.07, 6.45) is 2.97. The summed E-state index contributed by atoms with van der Waals surface area (Å²) in [7, 11) is 1.67. The zero-order valence-electron chi connectivity index (χ0n) is 15.0. The zero-order chi connectivity index (χ0) is 18.7. The molecule has 1 aliphatic rings. The molecule has 0 spiro atoms. The van der Waals surface area contributed by atoms with Gasteiger partial charge in [-0.25, -0.2) is 14.5 Å². The number of halogens is 1. The number of aromatic nitrogens is 3. The Labute approximate surface area is 157 Å². The van der Waals surface area contributed by atoms with Crippen LogP contribution in [0.2, 0.25) is 5.02 Å². The molecule has 2 atom stereocenters. The number of methoxy groups -OCH3 is 1. The Balaban J connectivity index is 1.62. The molecule has 2 N–H and O–H groups in total. The van der Waals surface area contributed by atoms with E-state index in [4.69, 9.17) is 16.3 Å². The molecule has 1 aromatic carbocycles. The lowest BCUT2D eigenvalue weighted by molar-refractivity contribution is 0.0896. The van der Waals surface area contributed by atoms with E-state index >= 15 is 0 Å². The van der Waals surface area contributed by atoms with Crippen LogP contribution >= 0.6 is 11.6 Å². The highest BCUT2D eigenvalue weighted by Gasteiger charge is 2.34. The molecule has 9 heteroatoms. The van der Waals surface area contributed by atoms with Gasteiger partial charge in [0.25, 0.3) is 0 Å². The molecule has 2 aromatic rings. The minimum atomic E-state index is -0.285. The summed E-state index contributed by atoms with van der Waals surface area (Å²) in [4.78, 5) is 18.5. The summed E-state index contributed by atoms with van der Waals surface area (Å²) in [5.74, 6) is 0. The Bertz CT molecular complexity index is 752. The van der Waals surface area contributed by atoms with E-state index in [1.807, 2.05) is 0 Å². The summed E-state index contributed by atoms with van der Waals surface area (Å²) in [5, 5.41) is 10.3. The molecule has 0 saturated carbocycles. The van der Waals surface area contributed by atoms with Crippen LogP contribution in [0.25, 0.3) is 5.69 Å². The lowest BCUT2D eigenvalue weighted by atomic mass is 10.2. The van der Waals surface area contributed by atoms with Gasteiger partial charge in [0.2, 0.25) is 0 Å². The van der Waals surface area contributed by atoms with E-state index in [1.165, 1.54) is 6.33 Å². The lowest BCUT2D eigenvalue weighted by Crippen LogP contribution is -2.45.